The van der Waals surface area contributed by atoms with E-state index in [-0.39, 0.29) is 23.8 Å². The van der Waals surface area contributed by atoms with Gasteiger partial charge in [-0.05, 0) is 39.0 Å². The fraction of sp³-hybridized carbons (Fsp3) is 0.421. The fourth-order valence-electron chi connectivity index (χ4n) is 3.56. The van der Waals surface area contributed by atoms with Gasteiger partial charge in [0, 0.05) is 37.8 Å². The van der Waals surface area contributed by atoms with Crippen LogP contribution in [0.4, 0.5) is 5.13 Å². The fourth-order valence-corrected chi connectivity index (χ4v) is 4.30. The first-order chi connectivity index (χ1) is 13.4. The Kier molecular flexibility index (Phi) is 4.62. The Hall–Kier alpha value is -2.81. The normalized spacial score (nSPS) is 16.9. The van der Waals surface area contributed by atoms with E-state index < -0.39 is 0 Å². The van der Waals surface area contributed by atoms with Crippen molar-refractivity contribution in [1.82, 2.24) is 20.0 Å². The molecular weight excluding hydrogens is 378 g/mol. The Morgan fingerprint density at radius 2 is 1.71 bits per heavy atom. The van der Waals surface area contributed by atoms with Crippen LogP contribution >= 0.6 is 11.3 Å². The molecular formula is C19H21N5O3S. The molecule has 9 heteroatoms. The molecule has 28 heavy (non-hydrogen) atoms. The zero-order valence-electron chi connectivity index (χ0n) is 16.0. The number of piperazine rings is 1. The number of anilines is 1. The highest BCUT2D eigenvalue weighted by molar-refractivity contribution is 7.15. The molecule has 8 nitrogen and oxygen atoms in total. The average Bonchev–Trinajstić information content (AvgIpc) is 3.22. The van der Waals surface area contributed by atoms with Gasteiger partial charge in [-0.2, -0.15) is 0 Å². The van der Waals surface area contributed by atoms with Gasteiger partial charge in [-0.1, -0.05) is 11.3 Å². The van der Waals surface area contributed by atoms with E-state index in [0.29, 0.717) is 42.9 Å². The minimum absolute atomic E-state index is 0.126. The van der Waals surface area contributed by atoms with Gasteiger partial charge in [-0.25, -0.2) is 0 Å². The number of hydrogen-bond donors (Lipinski definition) is 0. The predicted octanol–water partition coefficient (Wildman–Crippen LogP) is 1.81. The number of carbonyl (C=O) groups is 3. The third-order valence-electron chi connectivity index (χ3n) is 5.03. The van der Waals surface area contributed by atoms with Crippen LogP contribution in [0.1, 0.15) is 49.9 Å². The second kappa shape index (κ2) is 6.97. The largest absolute Gasteiger partial charge is 0.343 e. The van der Waals surface area contributed by atoms with Crippen molar-refractivity contribution < 1.29 is 14.4 Å². The van der Waals surface area contributed by atoms with Crippen molar-refractivity contribution in [2.45, 2.75) is 26.8 Å². The maximum absolute atomic E-state index is 12.9. The van der Waals surface area contributed by atoms with Crippen LogP contribution in [-0.2, 0) is 0 Å². The van der Waals surface area contributed by atoms with Crippen LogP contribution in [0.15, 0.2) is 18.2 Å². The third-order valence-corrected chi connectivity index (χ3v) is 5.93. The molecule has 2 aliphatic heterocycles. The Morgan fingerprint density at radius 3 is 2.32 bits per heavy atom. The lowest BCUT2D eigenvalue weighted by molar-refractivity contribution is 0.0608. The number of amides is 3. The van der Waals surface area contributed by atoms with Crippen LogP contribution in [0.25, 0.3) is 0 Å². The second-order valence-corrected chi connectivity index (χ2v) is 8.38. The number of rotatable bonds is 3. The average molecular weight is 399 g/mol. The molecule has 3 amide bonds. The summed E-state index contributed by atoms with van der Waals surface area (Å²) in [4.78, 5) is 43.0. The molecule has 1 aromatic heterocycles. The molecule has 0 radical (unpaired) electrons. The van der Waals surface area contributed by atoms with E-state index >= 15 is 0 Å². The number of fused-ring (bicyclic) bond motifs is 1. The van der Waals surface area contributed by atoms with Crippen LogP contribution in [0.2, 0.25) is 0 Å². The molecule has 0 aliphatic carbocycles. The summed E-state index contributed by atoms with van der Waals surface area (Å²) >= 11 is 1.54. The third kappa shape index (κ3) is 3.05. The molecule has 3 heterocycles. The van der Waals surface area contributed by atoms with Crippen LogP contribution < -0.4 is 4.90 Å². The summed E-state index contributed by atoms with van der Waals surface area (Å²) in [7, 11) is 0. The van der Waals surface area contributed by atoms with E-state index in [2.05, 4.69) is 15.1 Å². The van der Waals surface area contributed by atoms with Crippen molar-refractivity contribution in [1.29, 1.82) is 0 Å². The molecule has 0 bridgehead atoms. The van der Waals surface area contributed by atoms with Crippen molar-refractivity contribution >= 4 is 34.2 Å². The Bertz CT molecular complexity index is 962. The van der Waals surface area contributed by atoms with E-state index in [9.17, 15) is 14.4 Å². The van der Waals surface area contributed by atoms with Crippen molar-refractivity contribution in [3.63, 3.8) is 0 Å². The second-order valence-electron chi connectivity index (χ2n) is 7.22. The zero-order valence-corrected chi connectivity index (χ0v) is 16.8. The van der Waals surface area contributed by atoms with Gasteiger partial charge in [0.25, 0.3) is 17.7 Å². The first kappa shape index (κ1) is 18.5. The monoisotopic (exact) mass is 399 g/mol. The SMILES string of the molecule is Cc1nnc(N2CCN(C(=O)c3ccc4c(c3)C(=O)N(C(C)C)C4=O)CC2)s1. The highest BCUT2D eigenvalue weighted by Crippen LogP contribution is 2.27. The summed E-state index contributed by atoms with van der Waals surface area (Å²) in [6.07, 6.45) is 0. The van der Waals surface area contributed by atoms with Gasteiger partial charge in [0.15, 0.2) is 0 Å². The number of aryl methyl sites for hydroxylation is 1. The van der Waals surface area contributed by atoms with Gasteiger partial charge in [-0.3, -0.25) is 19.3 Å². The lowest BCUT2D eigenvalue weighted by Gasteiger charge is -2.34. The summed E-state index contributed by atoms with van der Waals surface area (Å²) < 4.78 is 0. The predicted molar refractivity (Wildman–Crippen MR) is 105 cm³/mol. The molecule has 0 spiro atoms. The molecule has 146 valence electrons. The number of carbonyl (C=O) groups excluding carboxylic acids is 3. The Labute approximate surface area is 166 Å². The lowest BCUT2D eigenvalue weighted by Crippen LogP contribution is -2.48. The molecule has 1 saturated heterocycles. The van der Waals surface area contributed by atoms with E-state index in [1.54, 1.807) is 48.3 Å². The number of hydrogen-bond acceptors (Lipinski definition) is 7. The molecule has 0 N–H and O–H groups in total. The molecule has 0 atom stereocenters. The first-order valence-corrected chi connectivity index (χ1v) is 10.0. The van der Waals surface area contributed by atoms with Crippen LogP contribution in [-0.4, -0.2) is 69.9 Å². The van der Waals surface area contributed by atoms with Crippen LogP contribution in [0.5, 0.6) is 0 Å². The van der Waals surface area contributed by atoms with E-state index in [0.717, 1.165) is 10.1 Å². The van der Waals surface area contributed by atoms with Crippen molar-refractivity contribution in [2.75, 3.05) is 31.1 Å². The zero-order chi connectivity index (χ0) is 20.0. The lowest BCUT2D eigenvalue weighted by atomic mass is 10.0. The molecule has 0 unspecified atom stereocenters. The van der Waals surface area contributed by atoms with Gasteiger partial charge < -0.3 is 9.80 Å². The standard InChI is InChI=1S/C19H21N5O3S/c1-11(2)24-17(26)14-5-4-13(10-15(14)18(24)27)16(25)22-6-8-23(9-7-22)19-21-20-12(3)28-19/h4-5,10-11H,6-9H2,1-3H3. The summed E-state index contributed by atoms with van der Waals surface area (Å²) in [5.74, 6) is -0.754. The Morgan fingerprint density at radius 1 is 1.04 bits per heavy atom. The summed E-state index contributed by atoms with van der Waals surface area (Å²) in [5, 5.41) is 9.99. The van der Waals surface area contributed by atoms with Gasteiger partial charge in [0.05, 0.1) is 11.1 Å². The molecule has 1 fully saturated rings. The van der Waals surface area contributed by atoms with Crippen LogP contribution in [0, 0.1) is 6.92 Å². The molecule has 2 aliphatic rings. The summed E-state index contributed by atoms with van der Waals surface area (Å²) in [6, 6.07) is 4.56. The van der Waals surface area contributed by atoms with Gasteiger partial charge in [0.2, 0.25) is 5.13 Å². The van der Waals surface area contributed by atoms with Crippen molar-refractivity contribution in [2.24, 2.45) is 0 Å². The maximum atomic E-state index is 12.9. The summed E-state index contributed by atoms with van der Waals surface area (Å²) in [6.45, 7) is 8.02. The maximum Gasteiger partial charge on any atom is 0.261 e. The quantitative estimate of drug-likeness (QED) is 0.732. The number of aromatic nitrogens is 2. The van der Waals surface area contributed by atoms with Gasteiger partial charge >= 0.3 is 0 Å². The first-order valence-electron chi connectivity index (χ1n) is 9.23. The highest BCUT2D eigenvalue weighted by Gasteiger charge is 2.37. The van der Waals surface area contributed by atoms with E-state index in [1.807, 2.05) is 6.92 Å². The van der Waals surface area contributed by atoms with Gasteiger partial charge in [-0.15, -0.1) is 10.2 Å². The number of nitrogens with zero attached hydrogens (tertiary/aromatic N) is 5. The minimum Gasteiger partial charge on any atom is -0.343 e. The van der Waals surface area contributed by atoms with Crippen LogP contribution in [0.3, 0.4) is 0 Å². The van der Waals surface area contributed by atoms with Gasteiger partial charge in [0.1, 0.15) is 5.01 Å². The van der Waals surface area contributed by atoms with E-state index in [1.165, 1.54) is 4.90 Å². The molecule has 1 aromatic carbocycles. The Balaban J connectivity index is 1.48. The van der Waals surface area contributed by atoms with Crippen molar-refractivity contribution in [3.8, 4) is 0 Å². The molecule has 2 aromatic rings. The highest BCUT2D eigenvalue weighted by atomic mass is 32.1. The molecule has 0 saturated carbocycles. The number of benzene rings is 1. The topological polar surface area (TPSA) is 86.7 Å². The summed E-state index contributed by atoms with van der Waals surface area (Å²) in [5.41, 5.74) is 1.12. The van der Waals surface area contributed by atoms with Crippen molar-refractivity contribution in [3.05, 3.63) is 39.9 Å². The molecule has 4 rings (SSSR count). The number of imide groups is 1. The van der Waals surface area contributed by atoms with E-state index in [4.69, 9.17) is 0 Å². The minimum atomic E-state index is -0.332. The smallest absolute Gasteiger partial charge is 0.261 e.